The van der Waals surface area contributed by atoms with Crippen molar-refractivity contribution in [3.63, 3.8) is 0 Å². The van der Waals surface area contributed by atoms with Crippen LogP contribution in [0, 0.1) is 6.92 Å². The molecule has 33 heavy (non-hydrogen) atoms. The number of rotatable bonds is 7. The number of piperazine rings is 1. The van der Waals surface area contributed by atoms with Gasteiger partial charge < -0.3 is 25.8 Å². The van der Waals surface area contributed by atoms with Gasteiger partial charge in [0.1, 0.15) is 5.82 Å². The second kappa shape index (κ2) is 10.1. The Morgan fingerprint density at radius 3 is 2.21 bits per heavy atom. The topological polar surface area (TPSA) is 85.4 Å². The highest BCUT2D eigenvalue weighted by molar-refractivity contribution is 5.98. The van der Waals surface area contributed by atoms with E-state index in [9.17, 15) is 4.79 Å². The molecule has 170 valence electrons. The normalized spacial score (nSPS) is 13.9. The first-order chi connectivity index (χ1) is 16.0. The molecule has 0 unspecified atom stereocenters. The Morgan fingerprint density at radius 1 is 0.939 bits per heavy atom. The molecule has 4 rings (SSSR count). The smallest absolute Gasteiger partial charge is 0.247 e. The Labute approximate surface area is 194 Å². The van der Waals surface area contributed by atoms with Crippen molar-refractivity contribution >= 4 is 40.4 Å². The summed E-state index contributed by atoms with van der Waals surface area (Å²) in [5.41, 5.74) is 4.65. The van der Waals surface area contributed by atoms with Crippen LogP contribution in [0.15, 0.2) is 67.4 Å². The van der Waals surface area contributed by atoms with Gasteiger partial charge in [-0.15, -0.1) is 0 Å². The van der Waals surface area contributed by atoms with Crippen LogP contribution < -0.4 is 20.9 Å². The fraction of sp³-hybridized carbons (Fsp3) is 0.240. The van der Waals surface area contributed by atoms with E-state index in [1.807, 2.05) is 31.2 Å². The molecule has 0 atom stereocenters. The van der Waals surface area contributed by atoms with E-state index in [1.54, 1.807) is 6.20 Å². The summed E-state index contributed by atoms with van der Waals surface area (Å²) in [7, 11) is 2.16. The molecule has 1 fully saturated rings. The van der Waals surface area contributed by atoms with E-state index < -0.39 is 0 Å². The van der Waals surface area contributed by atoms with Gasteiger partial charge in [0.25, 0.3) is 0 Å². The zero-order valence-electron chi connectivity index (χ0n) is 19.0. The van der Waals surface area contributed by atoms with Crippen molar-refractivity contribution in [3.05, 3.63) is 72.9 Å². The zero-order chi connectivity index (χ0) is 23.2. The Bertz CT molecular complexity index is 1100. The van der Waals surface area contributed by atoms with Crippen molar-refractivity contribution in [2.75, 3.05) is 54.1 Å². The van der Waals surface area contributed by atoms with Gasteiger partial charge in [0.15, 0.2) is 0 Å². The summed E-state index contributed by atoms with van der Waals surface area (Å²) in [6.07, 6.45) is 3.03. The second-order valence-electron chi connectivity index (χ2n) is 8.08. The van der Waals surface area contributed by atoms with Crippen LogP contribution >= 0.6 is 0 Å². The Kier molecular flexibility index (Phi) is 6.85. The summed E-state index contributed by atoms with van der Waals surface area (Å²) >= 11 is 0. The highest BCUT2D eigenvalue weighted by Crippen LogP contribution is 2.24. The summed E-state index contributed by atoms with van der Waals surface area (Å²) in [5, 5.41) is 9.33. The number of hydrogen-bond donors (Lipinski definition) is 3. The van der Waals surface area contributed by atoms with Gasteiger partial charge in [0.05, 0.1) is 0 Å². The number of benzene rings is 2. The van der Waals surface area contributed by atoms with Crippen molar-refractivity contribution in [2.24, 2.45) is 0 Å². The molecule has 3 aromatic rings. The molecular weight excluding hydrogens is 414 g/mol. The molecular formula is C25H29N7O. The average molecular weight is 444 g/mol. The largest absolute Gasteiger partial charge is 0.369 e. The predicted octanol–water partition coefficient (Wildman–Crippen LogP) is 4.15. The number of anilines is 6. The van der Waals surface area contributed by atoms with Crippen molar-refractivity contribution < 1.29 is 4.79 Å². The highest BCUT2D eigenvalue weighted by atomic mass is 16.1. The molecule has 0 radical (unpaired) electrons. The van der Waals surface area contributed by atoms with E-state index in [-0.39, 0.29) is 5.91 Å². The summed E-state index contributed by atoms with van der Waals surface area (Å²) < 4.78 is 0. The molecule has 1 amide bonds. The van der Waals surface area contributed by atoms with E-state index >= 15 is 0 Å². The van der Waals surface area contributed by atoms with Gasteiger partial charge in [-0.2, -0.15) is 4.98 Å². The second-order valence-corrected chi connectivity index (χ2v) is 8.08. The van der Waals surface area contributed by atoms with Crippen LogP contribution in [0.25, 0.3) is 0 Å². The highest BCUT2D eigenvalue weighted by Gasteiger charge is 2.14. The molecule has 1 aliphatic heterocycles. The Hall–Kier alpha value is -3.91. The fourth-order valence-corrected chi connectivity index (χ4v) is 3.55. The molecule has 0 aliphatic carbocycles. The van der Waals surface area contributed by atoms with Gasteiger partial charge in [-0.3, -0.25) is 4.79 Å². The van der Waals surface area contributed by atoms with Crippen molar-refractivity contribution in [3.8, 4) is 0 Å². The predicted molar refractivity (Wildman–Crippen MR) is 135 cm³/mol. The first-order valence-corrected chi connectivity index (χ1v) is 10.9. The Morgan fingerprint density at radius 2 is 1.55 bits per heavy atom. The lowest BCUT2D eigenvalue weighted by Crippen LogP contribution is -2.44. The number of carbonyl (C=O) groups is 1. The lowest BCUT2D eigenvalue weighted by Gasteiger charge is -2.34. The van der Waals surface area contributed by atoms with Crippen LogP contribution in [0.2, 0.25) is 0 Å². The maximum atomic E-state index is 11.4. The van der Waals surface area contributed by atoms with Crippen LogP contribution in [0.3, 0.4) is 0 Å². The monoisotopic (exact) mass is 443 g/mol. The molecule has 0 bridgehead atoms. The van der Waals surface area contributed by atoms with Gasteiger partial charge >= 0.3 is 0 Å². The number of amides is 1. The third-order valence-corrected chi connectivity index (χ3v) is 5.56. The quantitative estimate of drug-likeness (QED) is 0.473. The standard InChI is InChI=1S/C25H29N7O/c1-4-23(33)27-19-5-7-20(8-6-19)28-24-18(2)17-26-25(30-24)29-21-9-11-22(12-10-21)32-15-13-31(3)14-16-32/h4-12,17H,1,13-16H2,2-3H3,(H,27,33)(H2,26,28,29,30). The SMILES string of the molecule is C=CC(=O)Nc1ccc(Nc2nc(Nc3ccc(N4CCN(C)CC4)cc3)ncc2C)cc1. The zero-order valence-corrected chi connectivity index (χ0v) is 19.0. The van der Waals surface area contributed by atoms with Crippen molar-refractivity contribution in [2.45, 2.75) is 6.92 Å². The molecule has 0 saturated carbocycles. The van der Waals surface area contributed by atoms with Crippen LogP contribution in [0.5, 0.6) is 0 Å². The summed E-state index contributed by atoms with van der Waals surface area (Å²) in [6, 6.07) is 15.8. The molecule has 1 saturated heterocycles. The number of aromatic nitrogens is 2. The third-order valence-electron chi connectivity index (χ3n) is 5.56. The maximum absolute atomic E-state index is 11.4. The summed E-state index contributed by atoms with van der Waals surface area (Å²) in [4.78, 5) is 25.2. The average Bonchev–Trinajstić information content (AvgIpc) is 2.83. The van der Waals surface area contributed by atoms with Gasteiger partial charge in [-0.05, 0) is 68.6 Å². The van der Waals surface area contributed by atoms with Crippen LogP contribution in [-0.2, 0) is 4.79 Å². The van der Waals surface area contributed by atoms with E-state index in [4.69, 9.17) is 0 Å². The maximum Gasteiger partial charge on any atom is 0.247 e. The van der Waals surface area contributed by atoms with Gasteiger partial charge in [-0.1, -0.05) is 6.58 Å². The minimum Gasteiger partial charge on any atom is -0.369 e. The van der Waals surface area contributed by atoms with Crippen molar-refractivity contribution in [1.82, 2.24) is 14.9 Å². The first-order valence-electron chi connectivity index (χ1n) is 10.9. The molecule has 1 aliphatic rings. The van der Waals surface area contributed by atoms with Crippen LogP contribution in [-0.4, -0.2) is 54.0 Å². The van der Waals surface area contributed by atoms with E-state index in [0.29, 0.717) is 17.5 Å². The third kappa shape index (κ3) is 5.87. The van der Waals surface area contributed by atoms with Gasteiger partial charge in [0.2, 0.25) is 11.9 Å². The van der Waals surface area contributed by atoms with Crippen LogP contribution in [0.4, 0.5) is 34.5 Å². The molecule has 3 N–H and O–H groups in total. The lowest BCUT2D eigenvalue weighted by molar-refractivity contribution is -0.111. The number of carbonyl (C=O) groups excluding carboxylic acids is 1. The molecule has 0 spiro atoms. The van der Waals surface area contributed by atoms with E-state index in [1.165, 1.54) is 11.8 Å². The van der Waals surface area contributed by atoms with Gasteiger partial charge in [-0.25, -0.2) is 4.98 Å². The number of aryl methyl sites for hydroxylation is 1. The number of nitrogens with zero attached hydrogens (tertiary/aromatic N) is 4. The number of nitrogens with one attached hydrogen (secondary N) is 3. The Balaban J connectivity index is 1.41. The van der Waals surface area contributed by atoms with Crippen molar-refractivity contribution in [1.29, 1.82) is 0 Å². The molecule has 8 heteroatoms. The van der Waals surface area contributed by atoms with E-state index in [2.05, 4.69) is 73.6 Å². The molecule has 2 heterocycles. The number of likely N-dealkylation sites (N-methyl/N-ethyl adjacent to an activating group) is 1. The minimum absolute atomic E-state index is 0.241. The first kappa shape index (κ1) is 22.3. The summed E-state index contributed by atoms with van der Waals surface area (Å²) in [6.45, 7) is 9.66. The molecule has 2 aromatic carbocycles. The fourth-order valence-electron chi connectivity index (χ4n) is 3.55. The van der Waals surface area contributed by atoms with Crippen LogP contribution in [0.1, 0.15) is 5.56 Å². The lowest BCUT2D eigenvalue weighted by atomic mass is 10.2. The molecule has 1 aromatic heterocycles. The molecule has 8 nitrogen and oxygen atoms in total. The summed E-state index contributed by atoms with van der Waals surface area (Å²) in [5.74, 6) is 0.990. The minimum atomic E-state index is -0.241. The van der Waals surface area contributed by atoms with Gasteiger partial charge in [0, 0.05) is 60.7 Å². The number of hydrogen-bond acceptors (Lipinski definition) is 7. The van der Waals surface area contributed by atoms with E-state index in [0.717, 1.165) is 43.1 Å².